The largest absolute Gasteiger partial charge is 0.381 e. The maximum absolute atomic E-state index is 8.59. The molecular formula is C12H17N3. The molecule has 1 atom stereocenters. The highest BCUT2D eigenvalue weighted by Crippen LogP contribution is 2.10. The fraction of sp³-hybridized carbons (Fsp3) is 0.500. The molecule has 3 heteroatoms. The van der Waals surface area contributed by atoms with Crippen LogP contribution in [0.3, 0.4) is 0 Å². The minimum absolute atomic E-state index is 0.458. The zero-order valence-corrected chi connectivity index (χ0v) is 9.33. The lowest BCUT2D eigenvalue weighted by molar-refractivity contribution is 0.645. The summed E-state index contributed by atoms with van der Waals surface area (Å²) in [5.41, 5.74) is 1.44. The van der Waals surface area contributed by atoms with Crippen LogP contribution in [0.25, 0.3) is 0 Å². The van der Waals surface area contributed by atoms with Gasteiger partial charge in [0.1, 0.15) is 11.8 Å². The molecule has 0 aromatic carbocycles. The van der Waals surface area contributed by atoms with Gasteiger partial charge in [-0.2, -0.15) is 5.26 Å². The highest BCUT2D eigenvalue weighted by Gasteiger charge is 2.01. The Morgan fingerprint density at radius 2 is 2.33 bits per heavy atom. The summed E-state index contributed by atoms with van der Waals surface area (Å²) in [4.78, 5) is 4.01. The van der Waals surface area contributed by atoms with Crippen molar-refractivity contribution in [3.05, 3.63) is 24.0 Å². The van der Waals surface area contributed by atoms with Crippen molar-refractivity contribution in [2.45, 2.75) is 39.2 Å². The van der Waals surface area contributed by atoms with Gasteiger partial charge in [0.2, 0.25) is 0 Å². The van der Waals surface area contributed by atoms with E-state index in [1.54, 1.807) is 12.3 Å². The molecule has 0 aliphatic rings. The zero-order valence-electron chi connectivity index (χ0n) is 9.33. The zero-order chi connectivity index (χ0) is 11.1. The van der Waals surface area contributed by atoms with E-state index in [4.69, 9.17) is 5.26 Å². The Morgan fingerprint density at radius 3 is 2.87 bits per heavy atom. The Bertz CT molecular complexity index is 324. The molecule has 0 bridgehead atoms. The molecule has 0 fully saturated rings. The summed E-state index contributed by atoms with van der Waals surface area (Å²) < 4.78 is 0. The van der Waals surface area contributed by atoms with E-state index in [0.29, 0.717) is 11.7 Å². The van der Waals surface area contributed by atoms with Gasteiger partial charge in [0.25, 0.3) is 0 Å². The van der Waals surface area contributed by atoms with Gasteiger partial charge in [-0.05, 0) is 25.5 Å². The summed E-state index contributed by atoms with van der Waals surface area (Å²) in [7, 11) is 0. The lowest BCUT2D eigenvalue weighted by Gasteiger charge is -2.14. The summed E-state index contributed by atoms with van der Waals surface area (Å²) in [5.74, 6) is 0. The number of pyridine rings is 1. The number of nitrogens with zero attached hydrogens (tertiary/aromatic N) is 2. The van der Waals surface area contributed by atoms with E-state index < -0.39 is 0 Å². The number of rotatable bonds is 5. The highest BCUT2D eigenvalue weighted by atomic mass is 14.9. The van der Waals surface area contributed by atoms with Gasteiger partial charge in [0, 0.05) is 6.04 Å². The minimum atomic E-state index is 0.458. The van der Waals surface area contributed by atoms with Crippen LogP contribution in [0.4, 0.5) is 5.69 Å². The lowest BCUT2D eigenvalue weighted by atomic mass is 10.1. The van der Waals surface area contributed by atoms with Gasteiger partial charge in [-0.1, -0.05) is 19.8 Å². The van der Waals surface area contributed by atoms with Gasteiger partial charge in [0.15, 0.2) is 0 Å². The van der Waals surface area contributed by atoms with Gasteiger partial charge in [-0.3, -0.25) is 0 Å². The van der Waals surface area contributed by atoms with E-state index in [1.165, 1.54) is 12.8 Å². The first-order valence-corrected chi connectivity index (χ1v) is 5.39. The molecule has 1 aromatic heterocycles. The fourth-order valence-corrected chi connectivity index (χ4v) is 1.41. The summed E-state index contributed by atoms with van der Waals surface area (Å²) >= 11 is 0. The molecule has 0 aliphatic carbocycles. The van der Waals surface area contributed by atoms with E-state index >= 15 is 0 Å². The Labute approximate surface area is 91.1 Å². The topological polar surface area (TPSA) is 48.7 Å². The third-order valence-electron chi connectivity index (χ3n) is 2.28. The average molecular weight is 203 g/mol. The van der Waals surface area contributed by atoms with Crippen molar-refractivity contribution in [1.82, 2.24) is 4.98 Å². The average Bonchev–Trinajstić information content (AvgIpc) is 2.27. The van der Waals surface area contributed by atoms with Gasteiger partial charge in [-0.25, -0.2) is 4.98 Å². The van der Waals surface area contributed by atoms with Crippen molar-refractivity contribution in [2.24, 2.45) is 0 Å². The Balaban J connectivity index is 2.47. The monoisotopic (exact) mass is 203 g/mol. The maximum Gasteiger partial charge on any atom is 0.140 e. The maximum atomic E-state index is 8.59. The normalized spacial score (nSPS) is 11.8. The molecule has 0 radical (unpaired) electrons. The van der Waals surface area contributed by atoms with Crippen LogP contribution in [0, 0.1) is 11.3 Å². The van der Waals surface area contributed by atoms with Crippen LogP contribution in [0.5, 0.6) is 0 Å². The van der Waals surface area contributed by atoms with Crippen molar-refractivity contribution < 1.29 is 0 Å². The summed E-state index contributed by atoms with van der Waals surface area (Å²) in [6, 6.07) is 6.09. The van der Waals surface area contributed by atoms with Crippen molar-refractivity contribution >= 4 is 5.69 Å². The van der Waals surface area contributed by atoms with Crippen molar-refractivity contribution in [1.29, 1.82) is 5.26 Å². The summed E-state index contributed by atoms with van der Waals surface area (Å²) in [6.45, 7) is 4.35. The van der Waals surface area contributed by atoms with Gasteiger partial charge in [-0.15, -0.1) is 0 Å². The lowest BCUT2D eigenvalue weighted by Crippen LogP contribution is -2.14. The fourth-order valence-electron chi connectivity index (χ4n) is 1.41. The highest BCUT2D eigenvalue weighted by molar-refractivity contribution is 5.43. The first-order chi connectivity index (χ1) is 7.26. The van der Waals surface area contributed by atoms with Crippen LogP contribution < -0.4 is 5.32 Å². The second kappa shape index (κ2) is 6.02. The first-order valence-electron chi connectivity index (χ1n) is 5.39. The van der Waals surface area contributed by atoms with Crippen molar-refractivity contribution in [3.63, 3.8) is 0 Å². The number of hydrogen-bond donors (Lipinski definition) is 1. The van der Waals surface area contributed by atoms with Crippen LogP contribution >= 0.6 is 0 Å². The van der Waals surface area contributed by atoms with Gasteiger partial charge >= 0.3 is 0 Å². The standard InChI is InChI=1S/C12H17N3/c1-3-4-5-10(2)15-12-7-6-11(8-13)14-9-12/h6-7,9-10,15H,3-5H2,1-2H3. The van der Waals surface area contributed by atoms with Gasteiger partial charge in [0.05, 0.1) is 11.9 Å². The molecular weight excluding hydrogens is 186 g/mol. The van der Waals surface area contributed by atoms with E-state index in [2.05, 4.69) is 24.1 Å². The molecule has 15 heavy (non-hydrogen) atoms. The smallest absolute Gasteiger partial charge is 0.140 e. The molecule has 1 rings (SSSR count). The molecule has 0 amide bonds. The summed E-state index contributed by atoms with van der Waals surface area (Å²) in [5, 5.41) is 11.9. The van der Waals surface area contributed by atoms with Crippen LogP contribution in [-0.4, -0.2) is 11.0 Å². The minimum Gasteiger partial charge on any atom is -0.381 e. The molecule has 1 N–H and O–H groups in total. The van der Waals surface area contributed by atoms with Crippen LogP contribution in [0.2, 0.25) is 0 Å². The van der Waals surface area contributed by atoms with Crippen LogP contribution in [-0.2, 0) is 0 Å². The Hall–Kier alpha value is -1.56. The molecule has 1 aromatic rings. The molecule has 1 heterocycles. The van der Waals surface area contributed by atoms with E-state index in [1.807, 2.05) is 12.1 Å². The van der Waals surface area contributed by atoms with Crippen LogP contribution in [0.15, 0.2) is 18.3 Å². The SMILES string of the molecule is CCCCC(C)Nc1ccc(C#N)nc1. The summed E-state index contributed by atoms with van der Waals surface area (Å²) in [6.07, 6.45) is 5.33. The molecule has 0 saturated heterocycles. The predicted octanol–water partition coefficient (Wildman–Crippen LogP) is 2.94. The Kier molecular flexibility index (Phi) is 4.62. The number of aromatic nitrogens is 1. The number of anilines is 1. The molecule has 0 saturated carbocycles. The Morgan fingerprint density at radius 1 is 1.53 bits per heavy atom. The number of hydrogen-bond acceptors (Lipinski definition) is 3. The van der Waals surface area contributed by atoms with E-state index in [0.717, 1.165) is 12.1 Å². The van der Waals surface area contributed by atoms with E-state index in [9.17, 15) is 0 Å². The molecule has 0 spiro atoms. The third-order valence-corrected chi connectivity index (χ3v) is 2.28. The van der Waals surface area contributed by atoms with Gasteiger partial charge < -0.3 is 5.32 Å². The molecule has 80 valence electrons. The molecule has 1 unspecified atom stereocenters. The van der Waals surface area contributed by atoms with Crippen LogP contribution in [0.1, 0.15) is 38.8 Å². The third kappa shape index (κ3) is 3.99. The number of nitriles is 1. The quantitative estimate of drug-likeness (QED) is 0.800. The van der Waals surface area contributed by atoms with E-state index in [-0.39, 0.29) is 0 Å². The number of nitrogens with one attached hydrogen (secondary N) is 1. The molecule has 0 aliphatic heterocycles. The molecule has 3 nitrogen and oxygen atoms in total. The second-order valence-electron chi connectivity index (χ2n) is 3.73. The number of unbranched alkanes of at least 4 members (excludes halogenated alkanes) is 1. The predicted molar refractivity (Wildman–Crippen MR) is 61.6 cm³/mol. The second-order valence-corrected chi connectivity index (χ2v) is 3.73. The van der Waals surface area contributed by atoms with Crippen molar-refractivity contribution in [3.8, 4) is 6.07 Å². The van der Waals surface area contributed by atoms with Crippen molar-refractivity contribution in [2.75, 3.05) is 5.32 Å². The first kappa shape index (κ1) is 11.5.